The Balaban J connectivity index is 2.07. The first-order valence-corrected chi connectivity index (χ1v) is 7.85. The molecule has 0 spiro atoms. The summed E-state index contributed by atoms with van der Waals surface area (Å²) in [5.74, 6) is -0.541. The van der Waals surface area contributed by atoms with Gasteiger partial charge in [0.25, 0.3) is 5.91 Å². The van der Waals surface area contributed by atoms with Crippen molar-refractivity contribution in [3.8, 4) is 0 Å². The average molecular weight is 349 g/mol. The van der Waals surface area contributed by atoms with Gasteiger partial charge in [-0.25, -0.2) is 0 Å². The Morgan fingerprint density at radius 2 is 1.78 bits per heavy atom. The van der Waals surface area contributed by atoms with E-state index in [9.17, 15) is 9.59 Å². The minimum absolute atomic E-state index is 0.242. The summed E-state index contributed by atoms with van der Waals surface area (Å²) in [6, 6.07) is 12.1. The van der Waals surface area contributed by atoms with Crippen molar-refractivity contribution in [1.82, 2.24) is 5.32 Å². The summed E-state index contributed by atoms with van der Waals surface area (Å²) in [6.07, 6.45) is 0. The number of halogens is 2. The molecule has 0 saturated heterocycles. The largest absolute Gasteiger partial charge is 0.341 e. The lowest BCUT2D eigenvalue weighted by molar-refractivity contribution is -0.126. The Labute approximate surface area is 144 Å². The second-order valence-electron chi connectivity index (χ2n) is 5.34. The number of benzene rings is 2. The molecule has 1 atom stereocenters. The number of hydrogen-bond acceptors (Lipinski definition) is 2. The SMILES string of the molecule is CC(=O)NC1C(=O)N(Cc2ccccc2)c2c(Cl)ccc(Cl)c21. The van der Waals surface area contributed by atoms with Crippen molar-refractivity contribution in [2.75, 3.05) is 4.90 Å². The maximum atomic E-state index is 12.8. The summed E-state index contributed by atoms with van der Waals surface area (Å²) in [7, 11) is 0. The number of rotatable bonds is 3. The fourth-order valence-electron chi connectivity index (χ4n) is 2.76. The van der Waals surface area contributed by atoms with Gasteiger partial charge in [0.15, 0.2) is 0 Å². The molecule has 118 valence electrons. The number of nitrogens with one attached hydrogen (secondary N) is 1. The first kappa shape index (κ1) is 15.8. The highest BCUT2D eigenvalue weighted by Crippen LogP contribution is 2.45. The standard InChI is InChI=1S/C17H14Cl2N2O2/c1-10(22)20-15-14-12(18)7-8-13(19)16(14)21(17(15)23)9-11-5-3-2-4-6-11/h2-8,15H,9H2,1H3,(H,20,22). The zero-order valence-electron chi connectivity index (χ0n) is 12.3. The minimum Gasteiger partial charge on any atom is -0.341 e. The molecule has 0 aliphatic carbocycles. The lowest BCUT2D eigenvalue weighted by Gasteiger charge is -2.19. The molecule has 1 N–H and O–H groups in total. The molecule has 1 aliphatic rings. The highest BCUT2D eigenvalue weighted by molar-refractivity contribution is 6.38. The van der Waals surface area contributed by atoms with E-state index < -0.39 is 6.04 Å². The molecule has 23 heavy (non-hydrogen) atoms. The molecule has 2 aromatic rings. The fraction of sp³-hybridized carbons (Fsp3) is 0.176. The van der Waals surface area contributed by atoms with Gasteiger partial charge in [-0.15, -0.1) is 0 Å². The van der Waals surface area contributed by atoms with Crippen LogP contribution in [0.2, 0.25) is 10.0 Å². The molecular formula is C17H14Cl2N2O2. The normalized spacial score (nSPS) is 16.4. The van der Waals surface area contributed by atoms with Crippen LogP contribution in [0.3, 0.4) is 0 Å². The minimum atomic E-state index is -0.808. The van der Waals surface area contributed by atoms with E-state index in [0.717, 1.165) is 5.56 Å². The summed E-state index contributed by atoms with van der Waals surface area (Å²) in [4.78, 5) is 25.8. The summed E-state index contributed by atoms with van der Waals surface area (Å²) in [6.45, 7) is 1.73. The Morgan fingerprint density at radius 1 is 1.13 bits per heavy atom. The molecule has 0 aromatic heterocycles. The number of fused-ring (bicyclic) bond motifs is 1. The number of amides is 2. The summed E-state index contributed by atoms with van der Waals surface area (Å²) in [5, 5.41) is 3.50. The highest BCUT2D eigenvalue weighted by Gasteiger charge is 2.40. The molecule has 0 saturated carbocycles. The van der Waals surface area contributed by atoms with E-state index in [1.54, 1.807) is 17.0 Å². The van der Waals surface area contributed by atoms with Crippen LogP contribution in [-0.4, -0.2) is 11.8 Å². The summed E-state index contributed by atoms with van der Waals surface area (Å²) >= 11 is 12.6. The summed E-state index contributed by atoms with van der Waals surface area (Å²) < 4.78 is 0. The summed E-state index contributed by atoms with van der Waals surface area (Å²) in [5.41, 5.74) is 2.08. The lowest BCUT2D eigenvalue weighted by atomic mass is 10.1. The van der Waals surface area contributed by atoms with Gasteiger partial charge in [-0.3, -0.25) is 9.59 Å². The zero-order chi connectivity index (χ0) is 16.6. The van der Waals surface area contributed by atoms with Crippen LogP contribution < -0.4 is 10.2 Å². The second kappa shape index (κ2) is 6.22. The number of hydrogen-bond donors (Lipinski definition) is 1. The van der Waals surface area contributed by atoms with Gasteiger partial charge in [0, 0.05) is 17.5 Å². The predicted octanol–water partition coefficient (Wildman–Crippen LogP) is 3.72. The van der Waals surface area contributed by atoms with Gasteiger partial charge in [-0.05, 0) is 17.7 Å². The average Bonchev–Trinajstić information content (AvgIpc) is 2.78. The van der Waals surface area contributed by atoms with Crippen LogP contribution in [0.1, 0.15) is 24.1 Å². The Hall–Kier alpha value is -2.04. The van der Waals surface area contributed by atoms with Crippen molar-refractivity contribution in [3.05, 3.63) is 63.6 Å². The van der Waals surface area contributed by atoms with Gasteiger partial charge in [0.05, 0.1) is 17.3 Å². The van der Waals surface area contributed by atoms with E-state index in [2.05, 4.69) is 5.32 Å². The highest BCUT2D eigenvalue weighted by atomic mass is 35.5. The smallest absolute Gasteiger partial charge is 0.254 e. The molecule has 1 heterocycles. The number of nitrogens with zero attached hydrogens (tertiary/aromatic N) is 1. The van der Waals surface area contributed by atoms with Gasteiger partial charge in [-0.1, -0.05) is 53.5 Å². The Bertz CT molecular complexity index is 778. The van der Waals surface area contributed by atoms with Crippen molar-refractivity contribution in [3.63, 3.8) is 0 Å². The first-order valence-electron chi connectivity index (χ1n) is 7.09. The maximum Gasteiger partial charge on any atom is 0.254 e. The van der Waals surface area contributed by atoms with Crippen LogP contribution >= 0.6 is 23.2 Å². The second-order valence-corrected chi connectivity index (χ2v) is 6.15. The molecule has 0 bridgehead atoms. The molecule has 0 radical (unpaired) electrons. The van der Waals surface area contributed by atoms with Gasteiger partial charge >= 0.3 is 0 Å². The van der Waals surface area contributed by atoms with E-state index in [1.165, 1.54) is 6.92 Å². The van der Waals surface area contributed by atoms with Crippen LogP contribution in [-0.2, 0) is 16.1 Å². The van der Waals surface area contributed by atoms with Crippen LogP contribution in [0.5, 0.6) is 0 Å². The number of anilines is 1. The van der Waals surface area contributed by atoms with E-state index in [-0.39, 0.29) is 11.8 Å². The Kier molecular flexibility index (Phi) is 4.28. The molecular weight excluding hydrogens is 335 g/mol. The lowest BCUT2D eigenvalue weighted by Crippen LogP contribution is -2.36. The van der Waals surface area contributed by atoms with E-state index >= 15 is 0 Å². The molecule has 2 amide bonds. The first-order chi connectivity index (χ1) is 11.0. The third-order valence-corrected chi connectivity index (χ3v) is 4.35. The number of carbonyl (C=O) groups excluding carboxylic acids is 2. The van der Waals surface area contributed by atoms with Gasteiger partial charge in [0.2, 0.25) is 5.91 Å². The zero-order valence-corrected chi connectivity index (χ0v) is 13.9. The van der Waals surface area contributed by atoms with Crippen LogP contribution in [0.25, 0.3) is 0 Å². The van der Waals surface area contributed by atoms with E-state index in [4.69, 9.17) is 23.2 Å². The molecule has 1 aliphatic heterocycles. The van der Waals surface area contributed by atoms with E-state index in [1.807, 2.05) is 30.3 Å². The fourth-order valence-corrected chi connectivity index (χ4v) is 3.28. The van der Waals surface area contributed by atoms with Crippen molar-refractivity contribution < 1.29 is 9.59 Å². The van der Waals surface area contributed by atoms with Crippen molar-refractivity contribution in [2.24, 2.45) is 0 Å². The topological polar surface area (TPSA) is 49.4 Å². The number of carbonyl (C=O) groups is 2. The molecule has 1 unspecified atom stereocenters. The predicted molar refractivity (Wildman–Crippen MR) is 90.7 cm³/mol. The van der Waals surface area contributed by atoms with Crippen molar-refractivity contribution >= 4 is 40.7 Å². The molecule has 3 rings (SSSR count). The Morgan fingerprint density at radius 3 is 2.43 bits per heavy atom. The van der Waals surface area contributed by atoms with E-state index in [0.29, 0.717) is 27.8 Å². The van der Waals surface area contributed by atoms with Crippen molar-refractivity contribution in [1.29, 1.82) is 0 Å². The molecule has 6 heteroatoms. The van der Waals surface area contributed by atoms with Crippen LogP contribution in [0.15, 0.2) is 42.5 Å². The van der Waals surface area contributed by atoms with Crippen molar-refractivity contribution in [2.45, 2.75) is 19.5 Å². The third-order valence-electron chi connectivity index (χ3n) is 3.72. The molecule has 2 aromatic carbocycles. The van der Waals surface area contributed by atoms with Gasteiger partial charge in [-0.2, -0.15) is 0 Å². The van der Waals surface area contributed by atoms with Gasteiger partial charge in [0.1, 0.15) is 6.04 Å². The van der Waals surface area contributed by atoms with Crippen LogP contribution in [0, 0.1) is 0 Å². The van der Waals surface area contributed by atoms with Gasteiger partial charge < -0.3 is 10.2 Å². The monoisotopic (exact) mass is 348 g/mol. The molecule has 4 nitrogen and oxygen atoms in total. The maximum absolute atomic E-state index is 12.8. The molecule has 0 fully saturated rings. The van der Waals surface area contributed by atoms with Crippen LogP contribution in [0.4, 0.5) is 5.69 Å². The third kappa shape index (κ3) is 2.92. The quantitative estimate of drug-likeness (QED) is 0.918.